The van der Waals surface area contributed by atoms with Crippen LogP contribution < -0.4 is 10.5 Å². The Bertz CT molecular complexity index is 572. The largest absolute Gasteiger partial charge is 0.485 e. The van der Waals surface area contributed by atoms with Crippen molar-refractivity contribution < 1.29 is 9.13 Å². The summed E-state index contributed by atoms with van der Waals surface area (Å²) in [5.74, 6) is -0.592. The van der Waals surface area contributed by atoms with E-state index in [2.05, 4.69) is 15.9 Å². The Morgan fingerprint density at radius 3 is 2.83 bits per heavy atom. The fraction of sp³-hybridized carbons (Fsp3) is 0.0833. The van der Waals surface area contributed by atoms with Crippen molar-refractivity contribution in [1.29, 1.82) is 5.41 Å². The third-order valence-corrected chi connectivity index (χ3v) is 3.91. The van der Waals surface area contributed by atoms with E-state index in [1.54, 1.807) is 17.4 Å². The molecule has 0 fully saturated rings. The Balaban J connectivity index is 2.19. The van der Waals surface area contributed by atoms with Gasteiger partial charge in [0.15, 0.2) is 11.6 Å². The zero-order valence-electron chi connectivity index (χ0n) is 9.24. The molecule has 0 spiro atoms. The fourth-order valence-electron chi connectivity index (χ4n) is 1.39. The number of nitrogens with two attached hydrogens (primary N) is 1. The summed E-state index contributed by atoms with van der Waals surface area (Å²) < 4.78 is 19.5. The number of nitrogens with one attached hydrogen (secondary N) is 1. The highest BCUT2D eigenvalue weighted by atomic mass is 79.9. The lowest BCUT2D eigenvalue weighted by atomic mass is 10.2. The Kier molecular flexibility index (Phi) is 3.98. The summed E-state index contributed by atoms with van der Waals surface area (Å²) in [7, 11) is 0. The molecule has 6 heteroatoms. The first-order valence-corrected chi connectivity index (χ1v) is 6.74. The van der Waals surface area contributed by atoms with Gasteiger partial charge < -0.3 is 10.5 Å². The minimum atomic E-state index is -0.542. The SMILES string of the molecule is N=C(N)c1ccc(OCc2cccs2)c(F)c1Br. The Labute approximate surface area is 116 Å². The third-order valence-electron chi connectivity index (χ3n) is 2.29. The average molecular weight is 329 g/mol. The summed E-state index contributed by atoms with van der Waals surface area (Å²) in [4.78, 5) is 1.01. The van der Waals surface area contributed by atoms with Gasteiger partial charge in [0.25, 0.3) is 0 Å². The van der Waals surface area contributed by atoms with Crippen LogP contribution >= 0.6 is 27.3 Å². The Morgan fingerprint density at radius 2 is 2.22 bits per heavy atom. The summed E-state index contributed by atoms with van der Waals surface area (Å²) in [5.41, 5.74) is 5.65. The lowest BCUT2D eigenvalue weighted by Gasteiger charge is -2.09. The van der Waals surface area contributed by atoms with Crippen molar-refractivity contribution in [2.24, 2.45) is 5.73 Å². The van der Waals surface area contributed by atoms with Gasteiger partial charge in [0.05, 0.1) is 4.47 Å². The lowest BCUT2D eigenvalue weighted by Crippen LogP contribution is -2.12. The smallest absolute Gasteiger partial charge is 0.179 e. The van der Waals surface area contributed by atoms with Crippen LogP contribution in [0.3, 0.4) is 0 Å². The Morgan fingerprint density at radius 1 is 1.44 bits per heavy atom. The van der Waals surface area contributed by atoms with Crippen molar-refractivity contribution in [2.45, 2.75) is 6.61 Å². The number of rotatable bonds is 4. The topological polar surface area (TPSA) is 59.1 Å². The van der Waals surface area contributed by atoms with E-state index in [-0.39, 0.29) is 16.1 Å². The summed E-state index contributed by atoms with van der Waals surface area (Å²) in [6.45, 7) is 0.320. The van der Waals surface area contributed by atoms with Crippen molar-refractivity contribution in [2.75, 3.05) is 0 Å². The standard InChI is InChI=1S/C12H10BrFN2OS/c13-10-8(12(15)16)3-4-9(11(10)14)17-6-7-2-1-5-18-7/h1-5H,6H2,(H3,15,16). The van der Waals surface area contributed by atoms with Crippen LogP contribution in [0.4, 0.5) is 4.39 Å². The van der Waals surface area contributed by atoms with Gasteiger partial charge in [-0.05, 0) is 39.5 Å². The quantitative estimate of drug-likeness (QED) is 0.666. The molecule has 0 saturated heterocycles. The number of ether oxygens (including phenoxy) is 1. The molecule has 94 valence electrons. The van der Waals surface area contributed by atoms with E-state index in [0.29, 0.717) is 12.2 Å². The maximum atomic E-state index is 13.9. The summed E-state index contributed by atoms with van der Waals surface area (Å²) in [6, 6.07) is 6.86. The van der Waals surface area contributed by atoms with Gasteiger partial charge in [-0.2, -0.15) is 0 Å². The van der Waals surface area contributed by atoms with Crippen molar-refractivity contribution in [3.63, 3.8) is 0 Å². The molecule has 2 rings (SSSR count). The summed E-state index contributed by atoms with van der Waals surface area (Å²) >= 11 is 4.62. The van der Waals surface area contributed by atoms with Gasteiger partial charge in [0.1, 0.15) is 12.4 Å². The number of nitrogen functional groups attached to an aromatic ring is 1. The highest BCUT2D eigenvalue weighted by Crippen LogP contribution is 2.29. The van der Waals surface area contributed by atoms with Gasteiger partial charge in [-0.3, -0.25) is 5.41 Å². The van der Waals surface area contributed by atoms with Gasteiger partial charge >= 0.3 is 0 Å². The number of hydrogen-bond acceptors (Lipinski definition) is 3. The van der Waals surface area contributed by atoms with Crippen LogP contribution in [0.15, 0.2) is 34.1 Å². The average Bonchev–Trinajstić information content (AvgIpc) is 2.83. The second kappa shape index (κ2) is 5.49. The Hall–Kier alpha value is -1.40. The molecule has 0 amide bonds. The van der Waals surface area contributed by atoms with Crippen LogP contribution in [0, 0.1) is 11.2 Å². The van der Waals surface area contributed by atoms with Gasteiger partial charge in [0, 0.05) is 10.4 Å². The van der Waals surface area contributed by atoms with Gasteiger partial charge in [-0.1, -0.05) is 6.07 Å². The zero-order valence-corrected chi connectivity index (χ0v) is 11.6. The normalized spacial score (nSPS) is 10.3. The minimum Gasteiger partial charge on any atom is -0.485 e. The predicted octanol–water partition coefficient (Wildman–Crippen LogP) is 3.51. The van der Waals surface area contributed by atoms with Gasteiger partial charge in [-0.25, -0.2) is 4.39 Å². The number of hydrogen-bond donors (Lipinski definition) is 2. The highest BCUT2D eigenvalue weighted by molar-refractivity contribution is 9.10. The third kappa shape index (κ3) is 2.70. The van der Waals surface area contributed by atoms with E-state index < -0.39 is 5.82 Å². The number of thiophene rings is 1. The summed E-state index contributed by atoms with van der Waals surface area (Å²) in [6.07, 6.45) is 0. The minimum absolute atomic E-state index is 0.139. The number of amidine groups is 1. The monoisotopic (exact) mass is 328 g/mol. The van der Waals surface area contributed by atoms with Gasteiger partial charge in [-0.15, -0.1) is 11.3 Å². The lowest BCUT2D eigenvalue weighted by molar-refractivity contribution is 0.293. The molecule has 0 aliphatic carbocycles. The summed E-state index contributed by atoms with van der Waals surface area (Å²) in [5, 5.41) is 9.24. The highest BCUT2D eigenvalue weighted by Gasteiger charge is 2.14. The van der Waals surface area contributed by atoms with E-state index in [9.17, 15) is 4.39 Å². The first-order chi connectivity index (χ1) is 8.59. The van der Waals surface area contributed by atoms with E-state index in [1.807, 2.05) is 17.5 Å². The molecule has 18 heavy (non-hydrogen) atoms. The maximum Gasteiger partial charge on any atom is 0.179 e. The van der Waals surface area contributed by atoms with Crippen molar-refractivity contribution >= 4 is 33.1 Å². The first kappa shape index (κ1) is 13.0. The van der Waals surface area contributed by atoms with Crippen LogP contribution in [0.25, 0.3) is 0 Å². The molecule has 0 atom stereocenters. The molecule has 2 aromatic rings. The van der Waals surface area contributed by atoms with E-state index >= 15 is 0 Å². The molecule has 1 heterocycles. The first-order valence-electron chi connectivity index (χ1n) is 5.07. The molecule has 3 N–H and O–H groups in total. The van der Waals surface area contributed by atoms with E-state index in [4.69, 9.17) is 15.9 Å². The second-order valence-electron chi connectivity index (χ2n) is 3.52. The molecule has 0 unspecified atom stereocenters. The van der Waals surface area contributed by atoms with E-state index in [0.717, 1.165) is 4.88 Å². The molecule has 0 aliphatic rings. The van der Waals surface area contributed by atoms with Crippen LogP contribution in [-0.2, 0) is 6.61 Å². The van der Waals surface area contributed by atoms with Crippen molar-refractivity contribution in [3.8, 4) is 5.75 Å². The number of halogens is 2. The molecule has 0 bridgehead atoms. The van der Waals surface area contributed by atoms with Crippen molar-refractivity contribution in [1.82, 2.24) is 0 Å². The maximum absolute atomic E-state index is 13.9. The molecule has 3 nitrogen and oxygen atoms in total. The van der Waals surface area contributed by atoms with Crippen LogP contribution in [0.2, 0.25) is 0 Å². The molecule has 1 aromatic heterocycles. The second-order valence-corrected chi connectivity index (χ2v) is 5.35. The van der Waals surface area contributed by atoms with Gasteiger partial charge in [0.2, 0.25) is 0 Å². The van der Waals surface area contributed by atoms with Crippen LogP contribution in [-0.4, -0.2) is 5.84 Å². The number of benzene rings is 1. The zero-order chi connectivity index (χ0) is 13.1. The molecule has 0 saturated carbocycles. The van der Waals surface area contributed by atoms with Crippen molar-refractivity contribution in [3.05, 3.63) is 50.4 Å². The van der Waals surface area contributed by atoms with Crippen LogP contribution in [0.5, 0.6) is 5.75 Å². The molecule has 0 radical (unpaired) electrons. The predicted molar refractivity (Wildman–Crippen MR) is 73.8 cm³/mol. The molecular weight excluding hydrogens is 319 g/mol. The molecule has 1 aromatic carbocycles. The molecular formula is C12H10BrFN2OS. The fourth-order valence-corrected chi connectivity index (χ4v) is 2.55. The van der Waals surface area contributed by atoms with E-state index in [1.165, 1.54) is 6.07 Å². The van der Waals surface area contributed by atoms with Crippen LogP contribution in [0.1, 0.15) is 10.4 Å². The molecule has 0 aliphatic heterocycles.